The highest BCUT2D eigenvalue weighted by atomic mass is 31.1. The van der Waals surface area contributed by atoms with Gasteiger partial charge in [-0.05, 0) is 30.2 Å². The molecule has 1 saturated carbocycles. The van der Waals surface area contributed by atoms with Crippen LogP contribution in [0.15, 0.2) is 30.3 Å². The van der Waals surface area contributed by atoms with Crippen LogP contribution in [0, 0.1) is 0 Å². The van der Waals surface area contributed by atoms with Crippen LogP contribution in [0.4, 0.5) is 0 Å². The van der Waals surface area contributed by atoms with Crippen molar-refractivity contribution < 1.29 is 0 Å². The Morgan fingerprint density at radius 2 is 1.41 bits per heavy atom. The minimum absolute atomic E-state index is 1.02. The fourth-order valence-electron chi connectivity index (χ4n) is 2.70. The number of rotatable bonds is 3. The van der Waals surface area contributed by atoms with E-state index in [-0.39, 0.29) is 0 Å². The summed E-state index contributed by atoms with van der Waals surface area (Å²) in [5, 5.41) is 0. The van der Waals surface area contributed by atoms with Crippen LogP contribution in [0.5, 0.6) is 0 Å². The van der Waals surface area contributed by atoms with Gasteiger partial charge in [-0.25, -0.2) is 0 Å². The van der Waals surface area contributed by atoms with E-state index in [9.17, 15) is 0 Å². The first-order valence-corrected chi connectivity index (χ1v) is 8.51. The third-order valence-electron chi connectivity index (χ3n) is 3.79. The molecule has 0 spiro atoms. The zero-order chi connectivity index (χ0) is 11.8. The molecule has 0 aromatic heterocycles. The van der Waals surface area contributed by atoms with Crippen molar-refractivity contribution in [3.05, 3.63) is 35.9 Å². The average molecular weight is 248 g/mol. The molecule has 1 heteroatoms. The maximum atomic E-state index is 2.28. The van der Waals surface area contributed by atoms with Crippen LogP contribution < -0.4 is 0 Å². The second-order valence-corrected chi connectivity index (χ2v) is 6.84. The highest BCUT2D eigenvalue weighted by Gasteiger charge is 2.10. The summed E-state index contributed by atoms with van der Waals surface area (Å²) >= 11 is 0. The van der Waals surface area contributed by atoms with E-state index in [2.05, 4.69) is 30.3 Å². The Morgan fingerprint density at radius 3 is 2.06 bits per heavy atom. The first kappa shape index (κ1) is 13.1. The van der Waals surface area contributed by atoms with E-state index in [0.29, 0.717) is 0 Å². The first-order valence-electron chi connectivity index (χ1n) is 7.22. The smallest absolute Gasteiger partial charge is 0.00981 e. The Labute approximate surface area is 108 Å². The predicted molar refractivity (Wildman–Crippen MR) is 79.2 cm³/mol. The Kier molecular flexibility index (Phi) is 6.07. The normalized spacial score (nSPS) is 20.0. The highest BCUT2D eigenvalue weighted by molar-refractivity contribution is 7.38. The lowest BCUT2D eigenvalue weighted by Crippen LogP contribution is -2.00. The van der Waals surface area contributed by atoms with E-state index in [1.807, 2.05) is 0 Å². The van der Waals surface area contributed by atoms with Crippen LogP contribution in [0.1, 0.15) is 56.9 Å². The molecular weight excluding hydrogens is 223 g/mol. The van der Waals surface area contributed by atoms with Gasteiger partial charge in [-0.1, -0.05) is 68.9 Å². The lowest BCUT2D eigenvalue weighted by atomic mass is 10.1. The molecule has 0 aliphatic heterocycles. The van der Waals surface area contributed by atoms with Gasteiger partial charge in [0, 0.05) is 0 Å². The summed E-state index contributed by atoms with van der Waals surface area (Å²) in [6.07, 6.45) is 13.2. The zero-order valence-electron chi connectivity index (χ0n) is 10.8. The van der Waals surface area contributed by atoms with Crippen molar-refractivity contribution in [3.63, 3.8) is 0 Å². The molecule has 1 aromatic rings. The number of hydrogen-bond acceptors (Lipinski definition) is 0. The first-order chi connectivity index (χ1) is 8.45. The monoisotopic (exact) mass is 248 g/mol. The fourth-order valence-corrected chi connectivity index (χ4v) is 4.27. The maximum absolute atomic E-state index is 2.28. The molecular formula is C16H25P. The van der Waals surface area contributed by atoms with Crippen molar-refractivity contribution >= 4 is 8.58 Å². The van der Waals surface area contributed by atoms with E-state index in [1.165, 1.54) is 63.1 Å². The van der Waals surface area contributed by atoms with Crippen molar-refractivity contribution in [2.75, 3.05) is 0 Å². The van der Waals surface area contributed by atoms with Crippen LogP contribution in [0.25, 0.3) is 0 Å². The highest BCUT2D eigenvalue weighted by Crippen LogP contribution is 2.33. The minimum atomic E-state index is 1.02. The average Bonchev–Trinajstić information content (AvgIpc) is 2.51. The standard InChI is InChI=1S/C16H25P/c1-2-4-9-13-16(12-8-3-1)17-14-15-10-6-5-7-11-15/h5-7,10-11,16-17H,1-4,8-9,12-14H2. The molecule has 1 aliphatic carbocycles. The molecule has 1 aromatic carbocycles. The van der Waals surface area contributed by atoms with Gasteiger partial charge < -0.3 is 0 Å². The Bertz CT molecular complexity index is 284. The van der Waals surface area contributed by atoms with Crippen LogP contribution in [0.3, 0.4) is 0 Å². The molecule has 1 aliphatic rings. The van der Waals surface area contributed by atoms with Crippen molar-refractivity contribution in [1.29, 1.82) is 0 Å². The maximum Gasteiger partial charge on any atom is -0.00981 e. The van der Waals surface area contributed by atoms with E-state index >= 15 is 0 Å². The fraction of sp³-hybridized carbons (Fsp3) is 0.625. The molecule has 0 nitrogen and oxygen atoms in total. The molecule has 1 fully saturated rings. The van der Waals surface area contributed by atoms with Crippen molar-refractivity contribution in [3.8, 4) is 0 Å². The van der Waals surface area contributed by atoms with E-state index in [0.717, 1.165) is 14.2 Å². The minimum Gasteiger partial charge on any atom is -0.114 e. The topological polar surface area (TPSA) is 0 Å². The molecule has 1 unspecified atom stereocenters. The Morgan fingerprint density at radius 1 is 0.824 bits per heavy atom. The van der Waals surface area contributed by atoms with Gasteiger partial charge in [0.05, 0.1) is 0 Å². The van der Waals surface area contributed by atoms with E-state index < -0.39 is 0 Å². The largest absolute Gasteiger partial charge is 0.114 e. The van der Waals surface area contributed by atoms with Gasteiger partial charge in [0.2, 0.25) is 0 Å². The summed E-state index contributed by atoms with van der Waals surface area (Å²) in [6.45, 7) is 0. The lowest BCUT2D eigenvalue weighted by Gasteiger charge is -2.15. The third kappa shape index (κ3) is 5.21. The van der Waals surface area contributed by atoms with Crippen LogP contribution in [0.2, 0.25) is 0 Å². The summed E-state index contributed by atoms with van der Waals surface area (Å²) in [7, 11) is 1.15. The number of benzene rings is 1. The van der Waals surface area contributed by atoms with E-state index in [1.54, 1.807) is 0 Å². The number of hydrogen-bond donors (Lipinski definition) is 0. The molecule has 17 heavy (non-hydrogen) atoms. The summed E-state index contributed by atoms with van der Waals surface area (Å²) in [5.41, 5.74) is 2.55. The second-order valence-electron chi connectivity index (χ2n) is 5.26. The molecule has 0 saturated heterocycles. The van der Waals surface area contributed by atoms with Gasteiger partial charge in [0.25, 0.3) is 0 Å². The summed E-state index contributed by atoms with van der Waals surface area (Å²) < 4.78 is 0. The van der Waals surface area contributed by atoms with Gasteiger partial charge in [-0.3, -0.25) is 0 Å². The van der Waals surface area contributed by atoms with Crippen LogP contribution in [-0.2, 0) is 6.16 Å². The summed E-state index contributed by atoms with van der Waals surface area (Å²) in [5.74, 6) is 0. The zero-order valence-corrected chi connectivity index (χ0v) is 11.8. The van der Waals surface area contributed by atoms with Gasteiger partial charge >= 0.3 is 0 Å². The van der Waals surface area contributed by atoms with E-state index in [4.69, 9.17) is 0 Å². The molecule has 0 N–H and O–H groups in total. The SMILES string of the molecule is c1ccc(CPC2CCCCCCCC2)cc1. The Balaban J connectivity index is 1.76. The van der Waals surface area contributed by atoms with Crippen molar-refractivity contribution in [1.82, 2.24) is 0 Å². The molecule has 1 atom stereocenters. The third-order valence-corrected chi connectivity index (χ3v) is 5.56. The summed E-state index contributed by atoms with van der Waals surface area (Å²) in [6, 6.07) is 11.0. The second kappa shape index (κ2) is 7.88. The summed E-state index contributed by atoms with van der Waals surface area (Å²) in [4.78, 5) is 0. The van der Waals surface area contributed by atoms with Crippen molar-refractivity contribution in [2.45, 2.75) is 63.2 Å². The quantitative estimate of drug-likeness (QED) is 0.631. The molecule has 94 valence electrons. The van der Waals surface area contributed by atoms with Gasteiger partial charge in [-0.2, -0.15) is 0 Å². The Hall–Kier alpha value is -0.350. The predicted octanol–water partition coefficient (Wildman–Crippen LogP) is 5.37. The molecule has 0 amide bonds. The van der Waals surface area contributed by atoms with Gasteiger partial charge in [-0.15, -0.1) is 8.58 Å². The molecule has 0 radical (unpaired) electrons. The van der Waals surface area contributed by atoms with Crippen molar-refractivity contribution in [2.24, 2.45) is 0 Å². The molecule has 2 rings (SSSR count). The van der Waals surface area contributed by atoms with Crippen LogP contribution >= 0.6 is 8.58 Å². The lowest BCUT2D eigenvalue weighted by molar-refractivity contribution is 0.624. The van der Waals surface area contributed by atoms with Gasteiger partial charge in [0.1, 0.15) is 0 Å². The molecule has 0 bridgehead atoms. The van der Waals surface area contributed by atoms with Gasteiger partial charge in [0.15, 0.2) is 0 Å². The molecule has 0 heterocycles. The van der Waals surface area contributed by atoms with Crippen LogP contribution in [-0.4, -0.2) is 5.66 Å².